The lowest BCUT2D eigenvalue weighted by Crippen LogP contribution is -2.40. The Labute approximate surface area is 150 Å². The van der Waals surface area contributed by atoms with Crippen LogP contribution in [0.3, 0.4) is 0 Å². The Morgan fingerprint density at radius 3 is 2.67 bits per heavy atom. The molecule has 3 rings (SSSR count). The molecule has 8 heteroatoms. The summed E-state index contributed by atoms with van der Waals surface area (Å²) in [5, 5.41) is 2.92. The lowest BCUT2D eigenvalue weighted by atomic mass is 10.1. The van der Waals surface area contributed by atoms with Gasteiger partial charge in [-0.2, -0.15) is 4.31 Å². The van der Waals surface area contributed by atoms with Crippen LogP contribution in [-0.4, -0.2) is 51.0 Å². The molecule has 1 aromatic carbocycles. The zero-order chi connectivity index (χ0) is 17.2. The minimum atomic E-state index is -3.54. The molecule has 0 aliphatic carbocycles. The summed E-state index contributed by atoms with van der Waals surface area (Å²) in [6.07, 6.45) is 3.54. The number of nitrogens with one attached hydrogen (secondary N) is 1. The molecule has 24 heavy (non-hydrogen) atoms. The molecular formula is C16H21BrN2O4S. The van der Waals surface area contributed by atoms with Crippen LogP contribution in [0.2, 0.25) is 0 Å². The first-order valence-corrected chi connectivity index (χ1v) is 10.4. The van der Waals surface area contributed by atoms with Crippen LogP contribution in [0.1, 0.15) is 36.0 Å². The van der Waals surface area contributed by atoms with Crippen LogP contribution in [0.4, 0.5) is 0 Å². The van der Waals surface area contributed by atoms with Crippen LogP contribution >= 0.6 is 15.9 Å². The van der Waals surface area contributed by atoms with E-state index in [1.54, 1.807) is 6.07 Å². The Balaban J connectivity index is 1.81. The van der Waals surface area contributed by atoms with Crippen molar-refractivity contribution in [3.8, 4) is 0 Å². The number of hydrogen-bond acceptors (Lipinski definition) is 4. The van der Waals surface area contributed by atoms with Crippen LogP contribution in [0, 0.1) is 0 Å². The van der Waals surface area contributed by atoms with Crippen molar-refractivity contribution in [1.29, 1.82) is 0 Å². The highest BCUT2D eigenvalue weighted by Crippen LogP contribution is 2.25. The average Bonchev–Trinajstić information content (AvgIpc) is 3.11. The zero-order valence-electron chi connectivity index (χ0n) is 13.3. The molecule has 1 atom stereocenters. The van der Waals surface area contributed by atoms with Crippen molar-refractivity contribution in [2.24, 2.45) is 0 Å². The molecule has 1 amide bonds. The number of benzene rings is 1. The number of nitrogens with zero attached hydrogens (tertiary/aromatic N) is 1. The van der Waals surface area contributed by atoms with Gasteiger partial charge in [-0.3, -0.25) is 4.79 Å². The highest BCUT2D eigenvalue weighted by atomic mass is 79.9. The molecule has 2 aliphatic rings. The fraction of sp³-hybridized carbons (Fsp3) is 0.562. The van der Waals surface area contributed by atoms with E-state index in [9.17, 15) is 13.2 Å². The van der Waals surface area contributed by atoms with Crippen LogP contribution in [0.5, 0.6) is 0 Å². The van der Waals surface area contributed by atoms with Gasteiger partial charge in [0.05, 0.1) is 23.1 Å². The van der Waals surface area contributed by atoms with Gasteiger partial charge < -0.3 is 10.1 Å². The topological polar surface area (TPSA) is 75.7 Å². The Hall–Kier alpha value is -0.960. The molecule has 6 nitrogen and oxygen atoms in total. The summed E-state index contributed by atoms with van der Waals surface area (Å²) in [5.41, 5.74) is 0.334. The minimum absolute atomic E-state index is 0.0306. The summed E-state index contributed by atoms with van der Waals surface area (Å²) in [6, 6.07) is 4.58. The van der Waals surface area contributed by atoms with E-state index in [-0.39, 0.29) is 16.8 Å². The number of sulfonamides is 1. The second kappa shape index (κ2) is 7.51. The standard InChI is InChI=1S/C16H21BrN2O4S/c17-15-6-5-13(24(21,22)19-7-1-2-8-19)10-14(15)16(20)18-12-4-3-9-23-11-12/h5-6,10,12H,1-4,7-9,11H2,(H,18,20). The fourth-order valence-electron chi connectivity index (χ4n) is 3.03. The second-order valence-electron chi connectivity index (χ2n) is 6.14. The smallest absolute Gasteiger partial charge is 0.252 e. The minimum Gasteiger partial charge on any atom is -0.379 e. The van der Waals surface area contributed by atoms with Gasteiger partial charge in [-0.25, -0.2) is 8.42 Å². The maximum atomic E-state index is 12.7. The quantitative estimate of drug-likeness (QED) is 0.815. The predicted molar refractivity (Wildman–Crippen MR) is 93.4 cm³/mol. The summed E-state index contributed by atoms with van der Waals surface area (Å²) in [5.74, 6) is -0.282. The Morgan fingerprint density at radius 2 is 2.00 bits per heavy atom. The Kier molecular flexibility index (Phi) is 5.59. The number of rotatable bonds is 4. The predicted octanol–water partition coefficient (Wildman–Crippen LogP) is 2.14. The van der Waals surface area contributed by atoms with Crippen LogP contribution in [-0.2, 0) is 14.8 Å². The molecule has 1 N–H and O–H groups in total. The molecule has 2 aliphatic heterocycles. The van der Waals surface area contributed by atoms with Gasteiger partial charge in [-0.1, -0.05) is 0 Å². The number of halogens is 1. The molecular weight excluding hydrogens is 396 g/mol. The van der Waals surface area contributed by atoms with E-state index < -0.39 is 10.0 Å². The summed E-state index contributed by atoms with van der Waals surface area (Å²) < 4.78 is 32.8. The van der Waals surface area contributed by atoms with E-state index in [1.165, 1.54) is 16.4 Å². The summed E-state index contributed by atoms with van der Waals surface area (Å²) >= 11 is 3.35. The SMILES string of the molecule is O=C(NC1CCCOC1)c1cc(S(=O)(=O)N2CCCC2)ccc1Br. The molecule has 2 saturated heterocycles. The summed E-state index contributed by atoms with van der Waals surface area (Å²) in [4.78, 5) is 12.7. The second-order valence-corrected chi connectivity index (χ2v) is 8.93. The first kappa shape index (κ1) is 17.8. The molecule has 2 heterocycles. The molecule has 132 valence electrons. The van der Waals surface area contributed by atoms with E-state index in [4.69, 9.17) is 4.74 Å². The molecule has 2 fully saturated rings. The normalized spacial score (nSPS) is 22.5. The zero-order valence-corrected chi connectivity index (χ0v) is 15.7. The van der Waals surface area contributed by atoms with Crippen LogP contribution < -0.4 is 5.32 Å². The molecule has 0 radical (unpaired) electrons. The maximum Gasteiger partial charge on any atom is 0.252 e. The highest BCUT2D eigenvalue weighted by Gasteiger charge is 2.28. The third kappa shape index (κ3) is 3.82. The van der Waals surface area contributed by atoms with E-state index >= 15 is 0 Å². The van der Waals surface area contributed by atoms with Gasteiger partial charge in [0, 0.05) is 24.2 Å². The van der Waals surface area contributed by atoms with E-state index in [2.05, 4.69) is 21.2 Å². The third-order valence-corrected chi connectivity index (χ3v) is 6.97. The van der Waals surface area contributed by atoms with Gasteiger partial charge in [0.2, 0.25) is 10.0 Å². The molecule has 0 spiro atoms. The maximum absolute atomic E-state index is 12.7. The van der Waals surface area contributed by atoms with Crippen molar-refractivity contribution in [3.63, 3.8) is 0 Å². The Bertz CT molecular complexity index is 711. The van der Waals surface area contributed by atoms with Gasteiger partial charge in [-0.05, 0) is 59.8 Å². The van der Waals surface area contributed by atoms with E-state index in [1.807, 2.05) is 0 Å². The van der Waals surface area contributed by atoms with Crippen molar-refractivity contribution >= 4 is 31.9 Å². The summed E-state index contributed by atoms with van der Waals surface area (Å²) in [7, 11) is -3.54. The first-order valence-electron chi connectivity index (χ1n) is 8.17. The monoisotopic (exact) mass is 416 g/mol. The van der Waals surface area contributed by atoms with Crippen molar-refractivity contribution in [1.82, 2.24) is 9.62 Å². The fourth-order valence-corrected chi connectivity index (χ4v) is 5.00. The summed E-state index contributed by atoms with van der Waals surface area (Å²) in [6.45, 7) is 2.30. The number of carbonyl (C=O) groups is 1. The van der Waals surface area contributed by atoms with E-state index in [0.29, 0.717) is 29.7 Å². The average molecular weight is 417 g/mol. The van der Waals surface area contributed by atoms with Crippen molar-refractivity contribution < 1.29 is 17.9 Å². The number of ether oxygens (including phenoxy) is 1. The lowest BCUT2D eigenvalue weighted by molar-refractivity contribution is 0.0623. The first-order chi connectivity index (χ1) is 11.5. The molecule has 0 aromatic heterocycles. The largest absolute Gasteiger partial charge is 0.379 e. The molecule has 1 aromatic rings. The van der Waals surface area contributed by atoms with Crippen molar-refractivity contribution in [3.05, 3.63) is 28.2 Å². The van der Waals surface area contributed by atoms with Gasteiger partial charge in [0.1, 0.15) is 0 Å². The number of carbonyl (C=O) groups excluding carboxylic acids is 1. The van der Waals surface area contributed by atoms with Gasteiger partial charge >= 0.3 is 0 Å². The van der Waals surface area contributed by atoms with Crippen molar-refractivity contribution in [2.45, 2.75) is 36.6 Å². The van der Waals surface area contributed by atoms with Crippen LogP contribution in [0.15, 0.2) is 27.6 Å². The van der Waals surface area contributed by atoms with Gasteiger partial charge in [0.25, 0.3) is 5.91 Å². The van der Waals surface area contributed by atoms with Crippen molar-refractivity contribution in [2.75, 3.05) is 26.3 Å². The molecule has 0 saturated carbocycles. The van der Waals surface area contributed by atoms with E-state index in [0.717, 1.165) is 32.3 Å². The van der Waals surface area contributed by atoms with Gasteiger partial charge in [0.15, 0.2) is 0 Å². The lowest BCUT2D eigenvalue weighted by Gasteiger charge is -2.23. The highest BCUT2D eigenvalue weighted by molar-refractivity contribution is 9.10. The number of amides is 1. The van der Waals surface area contributed by atoms with Crippen LogP contribution in [0.25, 0.3) is 0 Å². The Morgan fingerprint density at radius 1 is 1.25 bits per heavy atom. The third-order valence-electron chi connectivity index (χ3n) is 4.38. The molecule has 1 unspecified atom stereocenters. The van der Waals surface area contributed by atoms with Gasteiger partial charge in [-0.15, -0.1) is 0 Å². The molecule has 0 bridgehead atoms. The number of hydrogen-bond donors (Lipinski definition) is 1.